The van der Waals surface area contributed by atoms with Gasteiger partial charge in [0, 0.05) is 32.7 Å². The highest BCUT2D eigenvalue weighted by atomic mass is 16.5. The minimum atomic E-state index is 0.557. The Morgan fingerprint density at radius 2 is 2.22 bits per heavy atom. The van der Waals surface area contributed by atoms with E-state index in [1.807, 2.05) is 7.05 Å². The van der Waals surface area contributed by atoms with E-state index in [2.05, 4.69) is 33.5 Å². The molecule has 0 aromatic carbocycles. The molecule has 0 atom stereocenters. The summed E-state index contributed by atoms with van der Waals surface area (Å²) in [6, 6.07) is 0.557. The summed E-state index contributed by atoms with van der Waals surface area (Å²) in [4.78, 5) is 6.96. The second-order valence-electron chi connectivity index (χ2n) is 6.55. The molecule has 23 heavy (non-hydrogen) atoms. The molecule has 0 radical (unpaired) electrons. The lowest BCUT2D eigenvalue weighted by atomic mass is 10.0. The summed E-state index contributed by atoms with van der Waals surface area (Å²) in [6.45, 7) is 8.54. The second-order valence-corrected chi connectivity index (χ2v) is 6.55. The zero-order valence-electron chi connectivity index (χ0n) is 14.9. The maximum absolute atomic E-state index is 5.35. The highest BCUT2D eigenvalue weighted by molar-refractivity contribution is 5.79. The minimum absolute atomic E-state index is 0.557. The molecule has 0 spiro atoms. The SMILES string of the molecule is CCCCN1CCC(NC(=NC)NCCC2=CCOCC2)CC1. The van der Waals surface area contributed by atoms with Crippen LogP contribution in [0.1, 0.15) is 45.4 Å². The number of nitrogens with one attached hydrogen (secondary N) is 2. The number of hydrogen-bond donors (Lipinski definition) is 2. The van der Waals surface area contributed by atoms with E-state index < -0.39 is 0 Å². The van der Waals surface area contributed by atoms with Gasteiger partial charge in [-0.1, -0.05) is 25.0 Å². The number of hydrogen-bond acceptors (Lipinski definition) is 3. The molecule has 0 bridgehead atoms. The number of guanidine groups is 1. The second kappa shape index (κ2) is 10.7. The predicted octanol–water partition coefficient (Wildman–Crippen LogP) is 2.15. The molecule has 2 rings (SSSR count). The Morgan fingerprint density at radius 3 is 2.87 bits per heavy atom. The molecule has 1 fully saturated rings. The predicted molar refractivity (Wildman–Crippen MR) is 97.0 cm³/mol. The van der Waals surface area contributed by atoms with E-state index in [0.717, 1.165) is 38.6 Å². The van der Waals surface area contributed by atoms with Crippen molar-refractivity contribution in [2.24, 2.45) is 4.99 Å². The first-order valence-electron chi connectivity index (χ1n) is 9.27. The zero-order valence-corrected chi connectivity index (χ0v) is 14.9. The fraction of sp³-hybridized carbons (Fsp3) is 0.833. The first kappa shape index (κ1) is 18.3. The van der Waals surface area contributed by atoms with Gasteiger partial charge >= 0.3 is 0 Å². The van der Waals surface area contributed by atoms with Gasteiger partial charge in [0.2, 0.25) is 0 Å². The summed E-state index contributed by atoms with van der Waals surface area (Å²) >= 11 is 0. The first-order chi connectivity index (χ1) is 11.3. The Labute approximate surface area is 141 Å². The summed E-state index contributed by atoms with van der Waals surface area (Å²) in [7, 11) is 1.86. The number of aliphatic imine (C=N–C) groups is 1. The lowest BCUT2D eigenvalue weighted by Crippen LogP contribution is -2.49. The summed E-state index contributed by atoms with van der Waals surface area (Å²) in [5.74, 6) is 0.949. The highest BCUT2D eigenvalue weighted by Gasteiger charge is 2.19. The van der Waals surface area contributed by atoms with Gasteiger partial charge in [-0.2, -0.15) is 0 Å². The molecule has 2 N–H and O–H groups in total. The Hall–Kier alpha value is -1.07. The number of ether oxygens (including phenoxy) is 1. The molecule has 1 saturated heterocycles. The fourth-order valence-electron chi connectivity index (χ4n) is 3.20. The minimum Gasteiger partial charge on any atom is -0.377 e. The topological polar surface area (TPSA) is 48.9 Å². The van der Waals surface area contributed by atoms with E-state index in [-0.39, 0.29) is 0 Å². The fourth-order valence-corrected chi connectivity index (χ4v) is 3.20. The van der Waals surface area contributed by atoms with Gasteiger partial charge in [-0.05, 0) is 38.6 Å². The summed E-state index contributed by atoms with van der Waals surface area (Å²) in [5.41, 5.74) is 1.50. The molecule has 2 aliphatic rings. The molecule has 132 valence electrons. The summed E-state index contributed by atoms with van der Waals surface area (Å²) in [5, 5.41) is 7.04. The van der Waals surface area contributed by atoms with Crippen LogP contribution >= 0.6 is 0 Å². The van der Waals surface area contributed by atoms with Gasteiger partial charge in [0.05, 0.1) is 13.2 Å². The van der Waals surface area contributed by atoms with E-state index in [1.54, 1.807) is 0 Å². The van der Waals surface area contributed by atoms with Gasteiger partial charge in [0.25, 0.3) is 0 Å². The molecule has 0 amide bonds. The number of nitrogens with zero attached hydrogens (tertiary/aromatic N) is 2. The van der Waals surface area contributed by atoms with E-state index in [4.69, 9.17) is 4.74 Å². The van der Waals surface area contributed by atoms with Crippen LogP contribution in [0, 0.1) is 0 Å². The van der Waals surface area contributed by atoms with Gasteiger partial charge in [0.1, 0.15) is 0 Å². The molecule has 5 nitrogen and oxygen atoms in total. The molecule has 2 heterocycles. The summed E-state index contributed by atoms with van der Waals surface area (Å²) < 4.78 is 5.35. The molecule has 5 heteroatoms. The maximum Gasteiger partial charge on any atom is 0.191 e. The van der Waals surface area contributed by atoms with Crippen LogP contribution in [0.25, 0.3) is 0 Å². The average Bonchev–Trinajstić information content (AvgIpc) is 2.61. The highest BCUT2D eigenvalue weighted by Crippen LogP contribution is 2.12. The van der Waals surface area contributed by atoms with Gasteiger partial charge in [-0.3, -0.25) is 4.99 Å². The van der Waals surface area contributed by atoms with Crippen LogP contribution in [0.5, 0.6) is 0 Å². The van der Waals surface area contributed by atoms with E-state index >= 15 is 0 Å². The maximum atomic E-state index is 5.35. The number of piperidine rings is 1. The van der Waals surface area contributed by atoms with E-state index in [1.165, 1.54) is 50.9 Å². The molecule has 0 aromatic heterocycles. The number of likely N-dealkylation sites (tertiary alicyclic amines) is 1. The van der Waals surface area contributed by atoms with Crippen molar-refractivity contribution in [3.05, 3.63) is 11.6 Å². The molecular formula is C18H34N4O. The van der Waals surface area contributed by atoms with Crippen molar-refractivity contribution in [2.45, 2.75) is 51.5 Å². The van der Waals surface area contributed by atoms with Crippen molar-refractivity contribution >= 4 is 5.96 Å². The molecule has 0 unspecified atom stereocenters. The first-order valence-corrected chi connectivity index (χ1v) is 9.27. The smallest absolute Gasteiger partial charge is 0.191 e. The van der Waals surface area contributed by atoms with Crippen molar-refractivity contribution in [3.8, 4) is 0 Å². The van der Waals surface area contributed by atoms with Crippen molar-refractivity contribution in [1.29, 1.82) is 0 Å². The Kier molecular flexibility index (Phi) is 8.47. The average molecular weight is 322 g/mol. The largest absolute Gasteiger partial charge is 0.377 e. The lowest BCUT2D eigenvalue weighted by molar-refractivity contribution is 0.153. The molecule has 2 aliphatic heterocycles. The summed E-state index contributed by atoms with van der Waals surface area (Å²) in [6.07, 6.45) is 9.41. The van der Waals surface area contributed by atoms with Crippen LogP contribution in [0.2, 0.25) is 0 Å². The van der Waals surface area contributed by atoms with Gasteiger partial charge in [0.15, 0.2) is 5.96 Å². The lowest BCUT2D eigenvalue weighted by Gasteiger charge is -2.33. The van der Waals surface area contributed by atoms with E-state index in [0.29, 0.717) is 6.04 Å². The van der Waals surface area contributed by atoms with Crippen molar-refractivity contribution in [1.82, 2.24) is 15.5 Å². The Morgan fingerprint density at radius 1 is 1.39 bits per heavy atom. The molecular weight excluding hydrogens is 288 g/mol. The molecule has 0 aliphatic carbocycles. The normalized spacial score (nSPS) is 21.1. The van der Waals surface area contributed by atoms with Crippen LogP contribution < -0.4 is 10.6 Å². The zero-order chi connectivity index (χ0) is 16.3. The third-order valence-corrected chi connectivity index (χ3v) is 4.78. The van der Waals surface area contributed by atoms with Gasteiger partial charge < -0.3 is 20.3 Å². The Bertz CT molecular complexity index is 386. The van der Waals surface area contributed by atoms with Gasteiger partial charge in [-0.15, -0.1) is 0 Å². The van der Waals surface area contributed by atoms with Crippen LogP contribution in [0.4, 0.5) is 0 Å². The Balaban J connectivity index is 1.62. The monoisotopic (exact) mass is 322 g/mol. The molecule has 0 saturated carbocycles. The van der Waals surface area contributed by atoms with Gasteiger partial charge in [-0.25, -0.2) is 0 Å². The van der Waals surface area contributed by atoms with Crippen LogP contribution in [0.15, 0.2) is 16.6 Å². The van der Waals surface area contributed by atoms with E-state index in [9.17, 15) is 0 Å². The molecule has 0 aromatic rings. The van der Waals surface area contributed by atoms with Crippen molar-refractivity contribution in [2.75, 3.05) is 46.4 Å². The van der Waals surface area contributed by atoms with Crippen LogP contribution in [0.3, 0.4) is 0 Å². The van der Waals surface area contributed by atoms with Crippen LogP contribution in [-0.2, 0) is 4.74 Å². The van der Waals surface area contributed by atoms with Crippen molar-refractivity contribution in [3.63, 3.8) is 0 Å². The van der Waals surface area contributed by atoms with Crippen LogP contribution in [-0.4, -0.2) is 63.3 Å². The third-order valence-electron chi connectivity index (χ3n) is 4.78. The standard InChI is InChI=1S/C18H34N4O/c1-3-4-11-22-12-6-17(7-13-22)21-18(19-2)20-10-5-16-8-14-23-15-9-16/h8,17H,3-7,9-15H2,1-2H3,(H2,19,20,21). The quantitative estimate of drug-likeness (QED) is 0.428. The number of rotatable bonds is 7. The van der Waals surface area contributed by atoms with Crippen molar-refractivity contribution < 1.29 is 4.74 Å². The number of unbranched alkanes of at least 4 members (excludes halogenated alkanes) is 1. The third kappa shape index (κ3) is 6.92.